The fourth-order valence-electron chi connectivity index (χ4n) is 0.645. The van der Waals surface area contributed by atoms with Crippen molar-refractivity contribution in [3.8, 4) is 0 Å². The van der Waals surface area contributed by atoms with Gasteiger partial charge < -0.3 is 0 Å². The first kappa shape index (κ1) is 10.6. The minimum Gasteiger partial charge on any atom is -0.246 e. The van der Waals surface area contributed by atoms with E-state index in [1.807, 2.05) is 20.8 Å². The largest absolute Gasteiger partial charge is 0.246 e. The average Bonchev–Trinajstić information content (AvgIpc) is 2.40. The Bertz CT molecular complexity index is 191. The van der Waals surface area contributed by atoms with Gasteiger partial charge in [0.15, 0.2) is 0 Å². The molecule has 2 heteroatoms. The topological polar surface area (TPSA) is 12.9 Å². The molecule has 0 radical (unpaired) electrons. The summed E-state index contributed by atoms with van der Waals surface area (Å²) in [5.74, 6) is 0.579. The van der Waals surface area contributed by atoms with Gasteiger partial charge >= 0.3 is 0 Å². The predicted molar refractivity (Wildman–Crippen MR) is 52.3 cm³/mol. The molecular weight excluding hydrogens is 154 g/mol. The monoisotopic (exact) mass is 171 g/mol. The van der Waals surface area contributed by atoms with E-state index in [1.54, 1.807) is 11.3 Å². The molecule has 0 saturated carbocycles. The molecule has 1 aromatic heterocycles. The van der Waals surface area contributed by atoms with E-state index in [1.165, 1.54) is 10.7 Å². The van der Waals surface area contributed by atoms with E-state index >= 15 is 0 Å². The zero-order valence-electron chi connectivity index (χ0n) is 8.01. The molecule has 0 aliphatic rings. The first-order chi connectivity index (χ1) is 5.20. The predicted octanol–water partition coefficient (Wildman–Crippen LogP) is 3.60. The van der Waals surface area contributed by atoms with Crippen molar-refractivity contribution in [3.05, 3.63) is 16.1 Å². The van der Waals surface area contributed by atoms with E-state index in [-0.39, 0.29) is 0 Å². The van der Waals surface area contributed by atoms with Crippen LogP contribution in [0.5, 0.6) is 0 Å². The Morgan fingerprint density at radius 2 is 1.91 bits per heavy atom. The van der Waals surface area contributed by atoms with Crippen molar-refractivity contribution in [2.75, 3.05) is 0 Å². The van der Waals surface area contributed by atoms with Crippen LogP contribution < -0.4 is 0 Å². The van der Waals surface area contributed by atoms with Gasteiger partial charge in [0.2, 0.25) is 0 Å². The van der Waals surface area contributed by atoms with Gasteiger partial charge in [-0.25, -0.2) is 4.98 Å². The van der Waals surface area contributed by atoms with E-state index in [0.717, 1.165) is 0 Å². The van der Waals surface area contributed by atoms with Gasteiger partial charge in [-0.05, 0) is 12.8 Å². The molecule has 1 aromatic rings. The van der Waals surface area contributed by atoms with E-state index in [9.17, 15) is 0 Å². The summed E-state index contributed by atoms with van der Waals surface area (Å²) >= 11 is 1.72. The molecule has 0 aliphatic carbocycles. The summed E-state index contributed by atoms with van der Waals surface area (Å²) in [6.45, 7) is 10.4. The summed E-state index contributed by atoms with van der Waals surface area (Å²) in [6.07, 6.45) is 0. The van der Waals surface area contributed by atoms with Gasteiger partial charge in [-0.2, -0.15) is 0 Å². The lowest BCUT2D eigenvalue weighted by Crippen LogP contribution is -1.85. The molecular formula is C9H17NS. The number of aryl methyl sites for hydroxylation is 1. The maximum atomic E-state index is 4.33. The molecule has 0 fully saturated rings. The summed E-state index contributed by atoms with van der Waals surface area (Å²) < 4.78 is 0. The third-order valence-corrected chi connectivity index (χ3v) is 2.02. The molecule has 11 heavy (non-hydrogen) atoms. The smallest absolute Gasteiger partial charge is 0.0897 e. The second-order valence-corrected chi connectivity index (χ2v) is 3.51. The Labute approximate surface area is 73.5 Å². The van der Waals surface area contributed by atoms with Crippen molar-refractivity contribution in [3.63, 3.8) is 0 Å². The Morgan fingerprint density at radius 3 is 2.09 bits per heavy atom. The molecule has 0 amide bonds. The quantitative estimate of drug-likeness (QED) is 0.629. The van der Waals surface area contributed by atoms with Crippen molar-refractivity contribution >= 4 is 11.3 Å². The highest BCUT2D eigenvalue weighted by Crippen LogP contribution is 2.16. The van der Waals surface area contributed by atoms with Crippen molar-refractivity contribution in [2.24, 2.45) is 0 Å². The van der Waals surface area contributed by atoms with Gasteiger partial charge in [0, 0.05) is 5.38 Å². The van der Waals surface area contributed by atoms with Gasteiger partial charge in [0.05, 0.1) is 10.7 Å². The van der Waals surface area contributed by atoms with Gasteiger partial charge in [-0.15, -0.1) is 11.3 Å². The lowest BCUT2D eigenvalue weighted by atomic mass is 10.2. The second-order valence-electron chi connectivity index (χ2n) is 2.45. The fraction of sp³-hybridized carbons (Fsp3) is 0.667. The van der Waals surface area contributed by atoms with E-state index in [0.29, 0.717) is 5.92 Å². The van der Waals surface area contributed by atoms with Crippen LogP contribution in [0.4, 0.5) is 0 Å². The Hall–Kier alpha value is -0.370. The second kappa shape index (κ2) is 5.30. The molecule has 0 aliphatic heterocycles. The van der Waals surface area contributed by atoms with Crippen molar-refractivity contribution in [2.45, 2.75) is 40.5 Å². The van der Waals surface area contributed by atoms with Gasteiger partial charge in [-0.1, -0.05) is 27.7 Å². The van der Waals surface area contributed by atoms with Crippen LogP contribution in [-0.4, -0.2) is 4.98 Å². The fourth-order valence-corrected chi connectivity index (χ4v) is 1.42. The maximum absolute atomic E-state index is 4.33. The van der Waals surface area contributed by atoms with E-state index in [4.69, 9.17) is 0 Å². The Kier molecular flexibility index (Phi) is 5.12. The highest BCUT2D eigenvalue weighted by Gasteiger charge is 2.00. The molecule has 1 heterocycles. The average molecular weight is 171 g/mol. The minimum atomic E-state index is 0.579. The zero-order valence-corrected chi connectivity index (χ0v) is 8.83. The van der Waals surface area contributed by atoms with Crippen molar-refractivity contribution in [1.29, 1.82) is 0 Å². The van der Waals surface area contributed by atoms with Crippen LogP contribution in [0.25, 0.3) is 0 Å². The SMILES string of the molecule is CC.Cc1nc(C(C)C)cs1. The zero-order chi connectivity index (χ0) is 8.85. The third-order valence-electron chi connectivity index (χ3n) is 1.23. The van der Waals surface area contributed by atoms with Crippen molar-refractivity contribution in [1.82, 2.24) is 4.98 Å². The molecule has 1 rings (SSSR count). The molecule has 0 unspecified atom stereocenters. The van der Waals surface area contributed by atoms with Crippen molar-refractivity contribution < 1.29 is 0 Å². The van der Waals surface area contributed by atoms with Crippen LogP contribution in [0, 0.1) is 6.92 Å². The summed E-state index contributed by atoms with van der Waals surface area (Å²) in [7, 11) is 0. The van der Waals surface area contributed by atoms with Crippen LogP contribution in [0.1, 0.15) is 44.3 Å². The number of nitrogens with zero attached hydrogens (tertiary/aromatic N) is 1. The number of hydrogen-bond acceptors (Lipinski definition) is 2. The number of rotatable bonds is 1. The molecule has 0 spiro atoms. The third kappa shape index (κ3) is 3.51. The molecule has 0 atom stereocenters. The van der Waals surface area contributed by atoms with Crippen LogP contribution in [0.2, 0.25) is 0 Å². The van der Waals surface area contributed by atoms with Crippen LogP contribution in [0.3, 0.4) is 0 Å². The summed E-state index contributed by atoms with van der Waals surface area (Å²) in [4.78, 5) is 4.33. The maximum Gasteiger partial charge on any atom is 0.0897 e. The first-order valence-electron chi connectivity index (χ1n) is 4.12. The van der Waals surface area contributed by atoms with E-state index < -0.39 is 0 Å². The van der Waals surface area contributed by atoms with Crippen LogP contribution in [0.15, 0.2) is 5.38 Å². The lowest BCUT2D eigenvalue weighted by molar-refractivity contribution is 0.829. The number of thiazole rings is 1. The number of hydrogen-bond donors (Lipinski definition) is 0. The summed E-state index contributed by atoms with van der Waals surface area (Å²) in [5.41, 5.74) is 1.22. The highest BCUT2D eigenvalue weighted by atomic mass is 32.1. The molecule has 64 valence electrons. The molecule has 1 nitrogen and oxygen atoms in total. The molecule has 0 bridgehead atoms. The molecule has 0 N–H and O–H groups in total. The van der Waals surface area contributed by atoms with Gasteiger partial charge in [0.1, 0.15) is 0 Å². The van der Waals surface area contributed by atoms with Gasteiger partial charge in [-0.3, -0.25) is 0 Å². The summed E-state index contributed by atoms with van der Waals surface area (Å²) in [6, 6.07) is 0. The lowest BCUT2D eigenvalue weighted by Gasteiger charge is -1.95. The normalized spacial score (nSPS) is 9.27. The number of aromatic nitrogens is 1. The molecule has 0 saturated heterocycles. The van der Waals surface area contributed by atoms with Crippen LogP contribution in [-0.2, 0) is 0 Å². The Balaban J connectivity index is 0.000000461. The highest BCUT2D eigenvalue weighted by molar-refractivity contribution is 7.09. The first-order valence-corrected chi connectivity index (χ1v) is 5.00. The van der Waals surface area contributed by atoms with E-state index in [2.05, 4.69) is 24.2 Å². The van der Waals surface area contributed by atoms with Crippen LogP contribution >= 0.6 is 11.3 Å². The minimum absolute atomic E-state index is 0.579. The standard InChI is InChI=1S/C7H11NS.C2H6/c1-5(2)7-4-9-6(3)8-7;1-2/h4-5H,1-3H3;1-2H3. The summed E-state index contributed by atoms with van der Waals surface area (Å²) in [5, 5.41) is 3.29. The molecule has 0 aromatic carbocycles. The van der Waals surface area contributed by atoms with Gasteiger partial charge in [0.25, 0.3) is 0 Å². The Morgan fingerprint density at radius 1 is 1.36 bits per heavy atom.